The third-order valence-electron chi connectivity index (χ3n) is 3.52. The lowest BCUT2D eigenvalue weighted by molar-refractivity contribution is -0.139. The number of nitrogens with one attached hydrogen (secondary N) is 1. The molecule has 1 aromatic heterocycles. The van der Waals surface area contributed by atoms with E-state index in [-0.39, 0.29) is 5.76 Å². The third kappa shape index (κ3) is 2.66. The summed E-state index contributed by atoms with van der Waals surface area (Å²) in [7, 11) is 0. The van der Waals surface area contributed by atoms with Gasteiger partial charge in [-0.15, -0.1) is 0 Å². The van der Waals surface area contributed by atoms with Crippen LogP contribution < -0.4 is 5.32 Å². The summed E-state index contributed by atoms with van der Waals surface area (Å²) in [6.45, 7) is 0. The van der Waals surface area contributed by atoms with E-state index in [0.29, 0.717) is 17.9 Å². The van der Waals surface area contributed by atoms with Gasteiger partial charge in [-0.05, 0) is 24.5 Å². The average Bonchev–Trinajstić information content (AvgIpc) is 3.13. The SMILES string of the molecule is O=C(NC(CC1CC1)C(=O)O)c1cc2ccccc2o1. The maximum absolute atomic E-state index is 12.1. The molecule has 1 fully saturated rings. The summed E-state index contributed by atoms with van der Waals surface area (Å²) in [6.07, 6.45) is 2.58. The number of amides is 1. The van der Waals surface area contributed by atoms with E-state index in [4.69, 9.17) is 9.52 Å². The van der Waals surface area contributed by atoms with Gasteiger partial charge >= 0.3 is 5.97 Å². The standard InChI is InChI=1S/C15H15NO4/c17-14(16-11(15(18)19)7-9-5-6-9)13-8-10-3-1-2-4-12(10)20-13/h1-4,8-9,11H,5-7H2,(H,16,17)(H,18,19). The molecule has 1 heterocycles. The Kier molecular flexibility index (Phi) is 3.18. The molecule has 1 amide bonds. The molecule has 3 rings (SSSR count). The summed E-state index contributed by atoms with van der Waals surface area (Å²) < 4.78 is 5.43. The van der Waals surface area contributed by atoms with Crippen LogP contribution in [0.1, 0.15) is 29.8 Å². The summed E-state index contributed by atoms with van der Waals surface area (Å²) in [5.41, 5.74) is 0.617. The van der Waals surface area contributed by atoms with E-state index < -0.39 is 17.9 Å². The number of carbonyl (C=O) groups excluding carboxylic acids is 1. The number of aliphatic carboxylic acids is 1. The zero-order chi connectivity index (χ0) is 14.1. The first-order valence-corrected chi connectivity index (χ1v) is 6.66. The van der Waals surface area contributed by atoms with E-state index in [1.165, 1.54) is 0 Å². The number of hydrogen-bond acceptors (Lipinski definition) is 3. The predicted octanol–water partition coefficient (Wildman–Crippen LogP) is 2.42. The molecule has 104 valence electrons. The van der Waals surface area contributed by atoms with E-state index in [1.807, 2.05) is 18.2 Å². The Hall–Kier alpha value is -2.30. The van der Waals surface area contributed by atoms with Crippen LogP contribution in [0, 0.1) is 5.92 Å². The minimum atomic E-state index is -0.999. The topological polar surface area (TPSA) is 79.5 Å². The molecule has 2 aromatic rings. The van der Waals surface area contributed by atoms with Crippen LogP contribution in [0.2, 0.25) is 0 Å². The predicted molar refractivity (Wildman–Crippen MR) is 72.4 cm³/mol. The quantitative estimate of drug-likeness (QED) is 0.876. The second-order valence-electron chi connectivity index (χ2n) is 5.19. The lowest BCUT2D eigenvalue weighted by Gasteiger charge is -2.12. The van der Waals surface area contributed by atoms with Crippen molar-refractivity contribution in [1.29, 1.82) is 0 Å². The molecular weight excluding hydrogens is 258 g/mol. The normalized spacial score (nSPS) is 16.0. The van der Waals surface area contributed by atoms with Gasteiger partial charge in [-0.1, -0.05) is 31.0 Å². The second kappa shape index (κ2) is 5.00. The molecule has 1 aliphatic carbocycles. The fraction of sp³-hybridized carbons (Fsp3) is 0.333. The van der Waals surface area contributed by atoms with Gasteiger partial charge in [0.2, 0.25) is 0 Å². The molecule has 2 N–H and O–H groups in total. The Labute approximate surface area is 115 Å². The first-order chi connectivity index (χ1) is 9.63. The van der Waals surface area contributed by atoms with E-state index in [2.05, 4.69) is 5.32 Å². The van der Waals surface area contributed by atoms with Crippen molar-refractivity contribution < 1.29 is 19.1 Å². The van der Waals surface area contributed by atoms with Crippen molar-refractivity contribution in [2.75, 3.05) is 0 Å². The van der Waals surface area contributed by atoms with Gasteiger partial charge < -0.3 is 14.8 Å². The van der Waals surface area contributed by atoms with E-state index >= 15 is 0 Å². The number of fused-ring (bicyclic) bond motifs is 1. The maximum Gasteiger partial charge on any atom is 0.326 e. The Morgan fingerprint density at radius 3 is 2.75 bits per heavy atom. The lowest BCUT2D eigenvalue weighted by Crippen LogP contribution is -2.41. The van der Waals surface area contributed by atoms with Crippen molar-refractivity contribution in [3.63, 3.8) is 0 Å². The van der Waals surface area contributed by atoms with Crippen LogP contribution in [-0.2, 0) is 4.79 Å². The summed E-state index contributed by atoms with van der Waals surface area (Å²) in [5.74, 6) is -0.907. The largest absolute Gasteiger partial charge is 0.480 e. The molecule has 0 spiro atoms. The fourth-order valence-electron chi connectivity index (χ4n) is 2.23. The third-order valence-corrected chi connectivity index (χ3v) is 3.52. The van der Waals surface area contributed by atoms with Crippen molar-refractivity contribution in [2.24, 2.45) is 5.92 Å². The van der Waals surface area contributed by atoms with Crippen LogP contribution in [0.4, 0.5) is 0 Å². The summed E-state index contributed by atoms with van der Waals surface area (Å²) in [6, 6.07) is 8.07. The highest BCUT2D eigenvalue weighted by Gasteiger charge is 2.30. The van der Waals surface area contributed by atoms with Crippen molar-refractivity contribution in [2.45, 2.75) is 25.3 Å². The minimum absolute atomic E-state index is 0.147. The van der Waals surface area contributed by atoms with E-state index in [0.717, 1.165) is 18.2 Å². The number of carboxylic acids is 1. The molecule has 1 atom stereocenters. The van der Waals surface area contributed by atoms with Crippen molar-refractivity contribution in [1.82, 2.24) is 5.32 Å². The summed E-state index contributed by atoms with van der Waals surface area (Å²) in [4.78, 5) is 23.2. The van der Waals surface area contributed by atoms with Crippen molar-refractivity contribution in [3.8, 4) is 0 Å². The van der Waals surface area contributed by atoms with E-state index in [1.54, 1.807) is 12.1 Å². The van der Waals surface area contributed by atoms with Crippen LogP contribution in [-0.4, -0.2) is 23.0 Å². The van der Waals surface area contributed by atoms with Crippen LogP contribution in [0.3, 0.4) is 0 Å². The molecule has 1 aliphatic rings. The highest BCUT2D eigenvalue weighted by atomic mass is 16.4. The van der Waals surface area contributed by atoms with Gasteiger partial charge in [0.05, 0.1) is 0 Å². The molecule has 0 bridgehead atoms. The van der Waals surface area contributed by atoms with Gasteiger partial charge in [-0.2, -0.15) is 0 Å². The molecule has 1 aromatic carbocycles. The summed E-state index contributed by atoms with van der Waals surface area (Å²) in [5, 5.41) is 12.5. The Morgan fingerprint density at radius 1 is 1.35 bits per heavy atom. The number of rotatable bonds is 5. The van der Waals surface area contributed by atoms with Gasteiger partial charge in [0, 0.05) is 5.39 Å². The van der Waals surface area contributed by atoms with E-state index in [9.17, 15) is 9.59 Å². The Morgan fingerprint density at radius 2 is 2.10 bits per heavy atom. The molecule has 0 radical (unpaired) electrons. The molecule has 0 saturated heterocycles. The molecule has 20 heavy (non-hydrogen) atoms. The van der Waals surface area contributed by atoms with Gasteiger partial charge in [0.1, 0.15) is 11.6 Å². The van der Waals surface area contributed by atoms with Crippen LogP contribution in [0.15, 0.2) is 34.7 Å². The van der Waals surface area contributed by atoms with Crippen LogP contribution >= 0.6 is 0 Å². The summed E-state index contributed by atoms with van der Waals surface area (Å²) >= 11 is 0. The fourth-order valence-corrected chi connectivity index (χ4v) is 2.23. The number of carbonyl (C=O) groups is 2. The highest BCUT2D eigenvalue weighted by Crippen LogP contribution is 2.33. The minimum Gasteiger partial charge on any atom is -0.480 e. The maximum atomic E-state index is 12.1. The van der Waals surface area contributed by atoms with Crippen LogP contribution in [0.5, 0.6) is 0 Å². The van der Waals surface area contributed by atoms with Gasteiger partial charge in [0.15, 0.2) is 5.76 Å². The molecule has 0 aliphatic heterocycles. The van der Waals surface area contributed by atoms with Crippen molar-refractivity contribution >= 4 is 22.8 Å². The molecule has 1 unspecified atom stereocenters. The molecule has 1 saturated carbocycles. The number of para-hydroxylation sites is 1. The smallest absolute Gasteiger partial charge is 0.326 e. The van der Waals surface area contributed by atoms with Crippen molar-refractivity contribution in [3.05, 3.63) is 36.1 Å². The molecule has 5 heteroatoms. The number of furan rings is 1. The zero-order valence-corrected chi connectivity index (χ0v) is 10.8. The highest BCUT2D eigenvalue weighted by molar-refractivity contribution is 5.97. The van der Waals surface area contributed by atoms with Gasteiger partial charge in [-0.25, -0.2) is 4.79 Å². The van der Waals surface area contributed by atoms with Gasteiger partial charge in [0.25, 0.3) is 5.91 Å². The first kappa shape index (κ1) is 12.7. The second-order valence-corrected chi connectivity index (χ2v) is 5.19. The Balaban J connectivity index is 1.75. The number of hydrogen-bond donors (Lipinski definition) is 2. The zero-order valence-electron chi connectivity index (χ0n) is 10.8. The average molecular weight is 273 g/mol. The molecular formula is C15H15NO4. The number of benzene rings is 1. The van der Waals surface area contributed by atoms with Gasteiger partial charge in [-0.3, -0.25) is 4.79 Å². The van der Waals surface area contributed by atoms with Crippen LogP contribution in [0.25, 0.3) is 11.0 Å². The first-order valence-electron chi connectivity index (χ1n) is 6.66. The number of carboxylic acid groups (broad SMARTS) is 1. The monoisotopic (exact) mass is 273 g/mol. The lowest BCUT2D eigenvalue weighted by atomic mass is 10.1. The molecule has 5 nitrogen and oxygen atoms in total. The Bertz CT molecular complexity index is 624.